The van der Waals surface area contributed by atoms with Crippen LogP contribution < -0.4 is 5.73 Å². The predicted octanol–water partition coefficient (Wildman–Crippen LogP) is 2.09. The third-order valence-corrected chi connectivity index (χ3v) is 3.49. The SMILES string of the molecule is Nc1cnc(SC2CCCC2)cn1. The molecule has 2 rings (SSSR count). The topological polar surface area (TPSA) is 51.8 Å². The van der Waals surface area contributed by atoms with Crippen molar-refractivity contribution in [2.45, 2.75) is 36.0 Å². The van der Waals surface area contributed by atoms with Crippen LogP contribution in [0.15, 0.2) is 17.4 Å². The van der Waals surface area contributed by atoms with Crippen LogP contribution in [0.1, 0.15) is 25.7 Å². The third-order valence-electron chi connectivity index (χ3n) is 2.24. The highest BCUT2D eigenvalue weighted by atomic mass is 32.2. The Morgan fingerprint density at radius 2 is 2.00 bits per heavy atom. The Labute approximate surface area is 82.2 Å². The van der Waals surface area contributed by atoms with Gasteiger partial charge in [-0.25, -0.2) is 9.97 Å². The first kappa shape index (κ1) is 8.81. The molecular weight excluding hydrogens is 182 g/mol. The van der Waals surface area contributed by atoms with Crippen LogP contribution in [-0.2, 0) is 0 Å². The van der Waals surface area contributed by atoms with Crippen LogP contribution in [0.5, 0.6) is 0 Å². The van der Waals surface area contributed by atoms with Crippen molar-refractivity contribution in [2.24, 2.45) is 0 Å². The molecule has 1 aliphatic rings. The number of nitrogens with two attached hydrogens (primary N) is 1. The summed E-state index contributed by atoms with van der Waals surface area (Å²) in [6.45, 7) is 0. The van der Waals surface area contributed by atoms with Crippen LogP contribution in [-0.4, -0.2) is 15.2 Å². The lowest BCUT2D eigenvalue weighted by molar-refractivity contribution is 0.886. The van der Waals surface area contributed by atoms with Gasteiger partial charge in [-0.05, 0) is 12.8 Å². The lowest BCUT2D eigenvalue weighted by Crippen LogP contribution is -1.96. The van der Waals surface area contributed by atoms with Gasteiger partial charge in [0.15, 0.2) is 0 Å². The van der Waals surface area contributed by atoms with Crippen molar-refractivity contribution in [3.63, 3.8) is 0 Å². The molecule has 1 aromatic heterocycles. The van der Waals surface area contributed by atoms with Crippen LogP contribution in [0, 0.1) is 0 Å². The fraction of sp³-hybridized carbons (Fsp3) is 0.556. The van der Waals surface area contributed by atoms with E-state index in [0.29, 0.717) is 5.82 Å². The van der Waals surface area contributed by atoms with E-state index < -0.39 is 0 Å². The van der Waals surface area contributed by atoms with E-state index in [-0.39, 0.29) is 0 Å². The second-order valence-corrected chi connectivity index (χ2v) is 4.62. The van der Waals surface area contributed by atoms with Gasteiger partial charge < -0.3 is 5.73 Å². The number of hydrogen-bond acceptors (Lipinski definition) is 4. The Morgan fingerprint density at radius 3 is 2.62 bits per heavy atom. The van der Waals surface area contributed by atoms with Crippen molar-refractivity contribution in [1.29, 1.82) is 0 Å². The first-order chi connectivity index (χ1) is 6.34. The van der Waals surface area contributed by atoms with Gasteiger partial charge in [0.25, 0.3) is 0 Å². The average molecular weight is 195 g/mol. The largest absolute Gasteiger partial charge is 0.382 e. The average Bonchev–Trinajstić information content (AvgIpc) is 2.62. The molecule has 0 spiro atoms. The quantitative estimate of drug-likeness (QED) is 0.785. The van der Waals surface area contributed by atoms with E-state index in [4.69, 9.17) is 5.73 Å². The van der Waals surface area contributed by atoms with E-state index in [1.54, 1.807) is 12.4 Å². The molecular formula is C9H13N3S. The molecule has 4 heteroatoms. The molecule has 13 heavy (non-hydrogen) atoms. The van der Waals surface area contributed by atoms with Crippen LogP contribution in [0.2, 0.25) is 0 Å². The van der Waals surface area contributed by atoms with Gasteiger partial charge in [0, 0.05) is 5.25 Å². The maximum absolute atomic E-state index is 5.45. The molecule has 70 valence electrons. The number of nitrogens with zero attached hydrogens (tertiary/aromatic N) is 2. The zero-order valence-electron chi connectivity index (χ0n) is 7.44. The second-order valence-electron chi connectivity index (χ2n) is 3.30. The molecule has 1 aromatic rings. The lowest BCUT2D eigenvalue weighted by Gasteiger charge is -2.06. The Morgan fingerprint density at radius 1 is 1.23 bits per heavy atom. The molecule has 1 heterocycles. The summed E-state index contributed by atoms with van der Waals surface area (Å²) in [4.78, 5) is 8.23. The van der Waals surface area contributed by atoms with Crippen LogP contribution in [0.4, 0.5) is 5.82 Å². The van der Waals surface area contributed by atoms with Gasteiger partial charge in [-0.3, -0.25) is 0 Å². The maximum atomic E-state index is 5.45. The van der Waals surface area contributed by atoms with E-state index in [9.17, 15) is 0 Å². The van der Waals surface area contributed by atoms with Crippen LogP contribution >= 0.6 is 11.8 Å². The zero-order valence-corrected chi connectivity index (χ0v) is 8.26. The molecule has 2 N–H and O–H groups in total. The monoisotopic (exact) mass is 195 g/mol. The van der Waals surface area contributed by atoms with Crippen molar-refractivity contribution in [2.75, 3.05) is 5.73 Å². The number of nitrogen functional groups attached to an aromatic ring is 1. The number of thioether (sulfide) groups is 1. The number of anilines is 1. The Balaban J connectivity index is 1.97. The first-order valence-corrected chi connectivity index (χ1v) is 5.47. The molecule has 0 atom stereocenters. The van der Waals surface area contributed by atoms with Gasteiger partial charge in [0.05, 0.1) is 12.4 Å². The van der Waals surface area contributed by atoms with E-state index in [1.807, 2.05) is 11.8 Å². The normalized spacial score (nSPS) is 17.8. The minimum absolute atomic E-state index is 0.496. The minimum atomic E-state index is 0.496. The van der Waals surface area contributed by atoms with Crippen molar-refractivity contribution in [3.8, 4) is 0 Å². The van der Waals surface area contributed by atoms with E-state index in [2.05, 4.69) is 9.97 Å². The molecule has 0 unspecified atom stereocenters. The smallest absolute Gasteiger partial charge is 0.141 e. The van der Waals surface area contributed by atoms with Crippen LogP contribution in [0.25, 0.3) is 0 Å². The molecule has 3 nitrogen and oxygen atoms in total. The lowest BCUT2D eigenvalue weighted by atomic mass is 10.4. The third kappa shape index (κ3) is 2.34. The van der Waals surface area contributed by atoms with Gasteiger partial charge in [-0.2, -0.15) is 0 Å². The van der Waals surface area contributed by atoms with Gasteiger partial charge in [0.2, 0.25) is 0 Å². The minimum Gasteiger partial charge on any atom is -0.382 e. The van der Waals surface area contributed by atoms with Gasteiger partial charge >= 0.3 is 0 Å². The van der Waals surface area contributed by atoms with E-state index >= 15 is 0 Å². The van der Waals surface area contributed by atoms with Gasteiger partial charge in [0.1, 0.15) is 10.8 Å². The number of rotatable bonds is 2. The first-order valence-electron chi connectivity index (χ1n) is 4.59. The summed E-state index contributed by atoms with van der Waals surface area (Å²) in [5, 5.41) is 1.75. The molecule has 0 radical (unpaired) electrons. The van der Waals surface area contributed by atoms with Crippen LogP contribution in [0.3, 0.4) is 0 Å². The molecule has 1 aliphatic carbocycles. The molecule has 0 saturated heterocycles. The highest BCUT2D eigenvalue weighted by Crippen LogP contribution is 2.33. The summed E-state index contributed by atoms with van der Waals surface area (Å²) < 4.78 is 0. The Bertz CT molecular complexity index is 267. The van der Waals surface area contributed by atoms with Gasteiger partial charge in [-0.1, -0.05) is 12.8 Å². The Kier molecular flexibility index (Phi) is 2.68. The standard InChI is InChI=1S/C9H13N3S/c10-8-5-12-9(6-11-8)13-7-3-1-2-4-7/h5-7H,1-4H2,(H2,10,11). The summed E-state index contributed by atoms with van der Waals surface area (Å²) in [6, 6.07) is 0. The highest BCUT2D eigenvalue weighted by Gasteiger charge is 2.16. The molecule has 0 bridgehead atoms. The molecule has 0 amide bonds. The summed E-state index contributed by atoms with van der Waals surface area (Å²) in [7, 11) is 0. The molecule has 1 fully saturated rings. The van der Waals surface area contributed by atoms with Gasteiger partial charge in [-0.15, -0.1) is 11.8 Å². The van der Waals surface area contributed by atoms with E-state index in [1.165, 1.54) is 25.7 Å². The second kappa shape index (κ2) is 3.96. The maximum Gasteiger partial charge on any atom is 0.141 e. The highest BCUT2D eigenvalue weighted by molar-refractivity contribution is 7.99. The van der Waals surface area contributed by atoms with Crippen molar-refractivity contribution in [3.05, 3.63) is 12.4 Å². The van der Waals surface area contributed by atoms with Crippen molar-refractivity contribution in [1.82, 2.24) is 9.97 Å². The Hall–Kier alpha value is -0.770. The zero-order chi connectivity index (χ0) is 9.10. The number of aromatic nitrogens is 2. The summed E-state index contributed by atoms with van der Waals surface area (Å²) in [5.74, 6) is 0.496. The fourth-order valence-corrected chi connectivity index (χ4v) is 2.70. The predicted molar refractivity (Wildman–Crippen MR) is 54.6 cm³/mol. The molecule has 0 aromatic carbocycles. The molecule has 0 aliphatic heterocycles. The van der Waals surface area contributed by atoms with Crippen molar-refractivity contribution >= 4 is 17.6 Å². The fourth-order valence-electron chi connectivity index (χ4n) is 1.56. The summed E-state index contributed by atoms with van der Waals surface area (Å²) in [5.41, 5.74) is 5.45. The summed E-state index contributed by atoms with van der Waals surface area (Å²) >= 11 is 1.83. The molecule has 1 saturated carbocycles. The number of hydrogen-bond donors (Lipinski definition) is 1. The summed E-state index contributed by atoms with van der Waals surface area (Å²) in [6.07, 6.45) is 8.74. The van der Waals surface area contributed by atoms with E-state index in [0.717, 1.165) is 10.3 Å². The van der Waals surface area contributed by atoms with Crippen molar-refractivity contribution < 1.29 is 0 Å².